The number of alkyl carbamates (subject to hydrolysis) is 1. The van der Waals surface area contributed by atoms with Crippen molar-refractivity contribution in [2.45, 2.75) is 69.0 Å². The van der Waals surface area contributed by atoms with Gasteiger partial charge in [0.05, 0.1) is 42.2 Å². The van der Waals surface area contributed by atoms with Crippen LogP contribution < -0.4 is 14.8 Å². The Morgan fingerprint density at radius 3 is 2.62 bits per heavy atom. The van der Waals surface area contributed by atoms with E-state index in [0.717, 1.165) is 5.56 Å². The molecule has 3 heterocycles. The van der Waals surface area contributed by atoms with Crippen LogP contribution in [0.2, 0.25) is 0 Å². The standard InChI is InChI=1S/C33H44N3O10PS/c1-33(2,14-8-15-34)21-36(48(39,40)24-11-12-27-28(18-24)44-22-43-27)19-29(46-47(3,4)38)26(17-23-9-6-5-7-10-23)35-32(37)45-30-20-42-31-25(30)13-16-41-31/h5-7,9-12,18,25-26,29-31H,8,13-14,16-17,19-22H2,1-4H3,(H,35,37). The third-order valence-electron chi connectivity index (χ3n) is 8.57. The number of rotatable bonds is 15. The maximum Gasteiger partial charge on any atom is 0.407 e. The van der Waals surface area contributed by atoms with Gasteiger partial charge in [-0.2, -0.15) is 9.57 Å². The molecule has 2 fully saturated rings. The van der Waals surface area contributed by atoms with E-state index in [0.29, 0.717) is 30.9 Å². The quantitative estimate of drug-likeness (QED) is 0.254. The minimum absolute atomic E-state index is 0.00797. The van der Waals surface area contributed by atoms with Crippen molar-refractivity contribution in [1.29, 1.82) is 5.26 Å². The van der Waals surface area contributed by atoms with Crippen molar-refractivity contribution in [3.63, 3.8) is 0 Å². The molecular formula is C33H44N3O10PS. The van der Waals surface area contributed by atoms with Gasteiger partial charge in [-0.05, 0) is 42.4 Å². The van der Waals surface area contributed by atoms with Crippen LogP contribution in [0.3, 0.4) is 0 Å². The number of hydrogen-bond donors (Lipinski definition) is 1. The van der Waals surface area contributed by atoms with Gasteiger partial charge in [-0.3, -0.25) is 4.57 Å². The summed E-state index contributed by atoms with van der Waals surface area (Å²) in [6, 6.07) is 15.0. The normalized spacial score (nSPS) is 21.8. The topological polar surface area (TPSA) is 163 Å². The maximum atomic E-state index is 14.4. The fourth-order valence-corrected chi connectivity index (χ4v) is 8.68. The molecule has 2 saturated heterocycles. The molecule has 5 unspecified atom stereocenters. The van der Waals surface area contributed by atoms with Crippen molar-refractivity contribution in [3.8, 4) is 17.6 Å². The molecule has 1 N–H and O–H groups in total. The number of hydrogen-bond acceptors (Lipinski definition) is 11. The molecule has 13 nitrogen and oxygen atoms in total. The molecule has 5 atom stereocenters. The molecule has 0 bridgehead atoms. The summed E-state index contributed by atoms with van der Waals surface area (Å²) in [4.78, 5) is 13.4. The van der Waals surface area contributed by atoms with E-state index < -0.39 is 53.4 Å². The van der Waals surface area contributed by atoms with E-state index in [2.05, 4.69) is 11.4 Å². The van der Waals surface area contributed by atoms with Crippen LogP contribution in [-0.2, 0) is 39.7 Å². The lowest BCUT2D eigenvalue weighted by molar-refractivity contribution is -0.0907. The average molecular weight is 706 g/mol. The van der Waals surface area contributed by atoms with E-state index in [4.69, 9.17) is 28.2 Å². The summed E-state index contributed by atoms with van der Waals surface area (Å²) in [5.74, 6) is 0.652. The Bertz CT molecular complexity index is 1630. The van der Waals surface area contributed by atoms with Crippen molar-refractivity contribution in [3.05, 3.63) is 54.1 Å². The minimum atomic E-state index is -4.22. The summed E-state index contributed by atoms with van der Waals surface area (Å²) in [7, 11) is -7.48. The zero-order chi connectivity index (χ0) is 34.5. The minimum Gasteiger partial charge on any atom is -0.454 e. The van der Waals surface area contributed by atoms with Crippen molar-refractivity contribution in [1.82, 2.24) is 9.62 Å². The van der Waals surface area contributed by atoms with Gasteiger partial charge in [-0.25, -0.2) is 13.2 Å². The van der Waals surface area contributed by atoms with Gasteiger partial charge in [0.1, 0.15) is 6.10 Å². The number of amides is 1. The first-order valence-electron chi connectivity index (χ1n) is 16.0. The van der Waals surface area contributed by atoms with Crippen LogP contribution in [0.25, 0.3) is 0 Å². The lowest BCUT2D eigenvalue weighted by Crippen LogP contribution is -2.53. The van der Waals surface area contributed by atoms with Gasteiger partial charge < -0.3 is 33.5 Å². The predicted octanol–water partition coefficient (Wildman–Crippen LogP) is 4.76. The molecule has 0 saturated carbocycles. The molecule has 48 heavy (non-hydrogen) atoms. The van der Waals surface area contributed by atoms with Gasteiger partial charge in [0.2, 0.25) is 16.8 Å². The number of carbonyl (C=O) groups excluding carboxylic acids is 1. The lowest BCUT2D eigenvalue weighted by atomic mass is 9.88. The summed E-state index contributed by atoms with van der Waals surface area (Å²) in [5.41, 5.74) is 0.210. The van der Waals surface area contributed by atoms with E-state index in [1.54, 1.807) is 0 Å². The van der Waals surface area contributed by atoms with Crippen molar-refractivity contribution >= 4 is 23.5 Å². The van der Waals surface area contributed by atoms with E-state index >= 15 is 0 Å². The van der Waals surface area contributed by atoms with E-state index in [1.807, 2.05) is 44.2 Å². The Morgan fingerprint density at radius 1 is 1.15 bits per heavy atom. The lowest BCUT2D eigenvalue weighted by Gasteiger charge is -2.37. The fourth-order valence-electron chi connectivity index (χ4n) is 6.16. The number of nitrogens with one attached hydrogen (secondary N) is 1. The van der Waals surface area contributed by atoms with Crippen LogP contribution in [0.4, 0.5) is 4.79 Å². The number of nitriles is 1. The molecular weight excluding hydrogens is 661 g/mol. The number of fused-ring (bicyclic) bond motifs is 2. The molecule has 3 aliphatic rings. The van der Waals surface area contributed by atoms with Crippen LogP contribution in [0, 0.1) is 22.7 Å². The predicted molar refractivity (Wildman–Crippen MR) is 175 cm³/mol. The number of carbonyl (C=O) groups is 1. The van der Waals surface area contributed by atoms with Crippen molar-refractivity contribution < 1.29 is 46.0 Å². The van der Waals surface area contributed by atoms with Gasteiger partial charge in [0, 0.05) is 38.9 Å². The summed E-state index contributed by atoms with van der Waals surface area (Å²) < 4.78 is 77.5. The molecule has 2 aromatic rings. The van der Waals surface area contributed by atoms with Crippen molar-refractivity contribution in [2.75, 3.05) is 46.4 Å². The average Bonchev–Trinajstić information content (AvgIpc) is 3.77. The van der Waals surface area contributed by atoms with Gasteiger partial charge >= 0.3 is 6.09 Å². The Labute approximate surface area is 282 Å². The number of sulfonamides is 1. The first kappa shape index (κ1) is 36.1. The zero-order valence-corrected chi connectivity index (χ0v) is 29.4. The molecule has 0 aliphatic carbocycles. The first-order valence-corrected chi connectivity index (χ1v) is 19.9. The Kier molecular flexibility index (Phi) is 11.4. The molecule has 15 heteroatoms. The summed E-state index contributed by atoms with van der Waals surface area (Å²) in [5, 5.41) is 12.2. The fraction of sp³-hybridized carbons (Fsp3) is 0.576. The highest BCUT2D eigenvalue weighted by Gasteiger charge is 2.44. The second kappa shape index (κ2) is 15.2. The summed E-state index contributed by atoms with van der Waals surface area (Å²) >= 11 is 0. The van der Waals surface area contributed by atoms with Crippen LogP contribution >= 0.6 is 7.37 Å². The molecule has 3 aliphatic heterocycles. The Hall–Kier alpha value is -3.18. The molecule has 2 aromatic carbocycles. The van der Waals surface area contributed by atoms with Gasteiger partial charge in [0.25, 0.3) is 0 Å². The van der Waals surface area contributed by atoms with Crippen LogP contribution in [0.1, 0.15) is 38.7 Å². The van der Waals surface area contributed by atoms with E-state index in [9.17, 15) is 23.0 Å². The summed E-state index contributed by atoms with van der Waals surface area (Å²) in [6.07, 6.45) is -1.14. The van der Waals surface area contributed by atoms with Gasteiger partial charge in [-0.15, -0.1) is 0 Å². The molecule has 0 spiro atoms. The van der Waals surface area contributed by atoms with Gasteiger partial charge in [-0.1, -0.05) is 44.2 Å². The molecule has 0 aromatic heterocycles. The molecule has 5 rings (SSSR count). The number of ether oxygens (including phenoxy) is 5. The van der Waals surface area contributed by atoms with E-state index in [-0.39, 0.29) is 50.1 Å². The highest BCUT2D eigenvalue weighted by molar-refractivity contribution is 7.89. The monoisotopic (exact) mass is 705 g/mol. The highest BCUT2D eigenvalue weighted by atomic mass is 32.2. The number of benzene rings is 2. The SMILES string of the molecule is CC(C)(CCC#N)CN(CC(OP(C)(C)=O)C(Cc1ccccc1)NC(=O)OC1COC2OCCC12)S(=O)(=O)c1ccc2c(c1)OCO2. The summed E-state index contributed by atoms with van der Waals surface area (Å²) in [6.45, 7) is 7.10. The smallest absolute Gasteiger partial charge is 0.407 e. The van der Waals surface area contributed by atoms with Crippen molar-refractivity contribution in [2.24, 2.45) is 11.3 Å². The largest absolute Gasteiger partial charge is 0.454 e. The first-order chi connectivity index (χ1) is 22.7. The Balaban J connectivity index is 1.48. The maximum absolute atomic E-state index is 14.4. The van der Waals surface area contributed by atoms with Crippen LogP contribution in [-0.4, -0.2) is 89.8 Å². The van der Waals surface area contributed by atoms with Crippen LogP contribution in [0.5, 0.6) is 11.5 Å². The third-order valence-corrected chi connectivity index (χ3v) is 11.2. The molecule has 1 amide bonds. The second-order valence-corrected chi connectivity index (χ2v) is 18.1. The highest BCUT2D eigenvalue weighted by Crippen LogP contribution is 2.41. The molecule has 0 radical (unpaired) electrons. The number of nitrogens with zero attached hydrogens (tertiary/aromatic N) is 2. The van der Waals surface area contributed by atoms with Crippen LogP contribution in [0.15, 0.2) is 53.4 Å². The third kappa shape index (κ3) is 9.28. The second-order valence-electron chi connectivity index (χ2n) is 13.4. The Morgan fingerprint density at radius 2 is 1.90 bits per heavy atom. The molecule has 262 valence electrons. The van der Waals surface area contributed by atoms with Gasteiger partial charge in [0.15, 0.2) is 25.2 Å². The zero-order valence-electron chi connectivity index (χ0n) is 27.7. The van der Waals surface area contributed by atoms with E-state index in [1.165, 1.54) is 35.8 Å².